The maximum absolute atomic E-state index is 13.9. The number of aryl methyl sites for hydroxylation is 4. The highest BCUT2D eigenvalue weighted by Gasteiger charge is 2.25. The van der Waals surface area contributed by atoms with E-state index in [9.17, 15) is 24.0 Å². The third kappa shape index (κ3) is 11.4. The van der Waals surface area contributed by atoms with Crippen molar-refractivity contribution >= 4 is 74.8 Å². The van der Waals surface area contributed by atoms with E-state index in [0.717, 1.165) is 37.6 Å². The van der Waals surface area contributed by atoms with Gasteiger partial charge in [-0.1, -0.05) is 19.1 Å². The Hall–Kier alpha value is -7.17. The summed E-state index contributed by atoms with van der Waals surface area (Å²) in [7, 11) is 3.34. The Labute approximate surface area is 403 Å². The normalized spacial score (nSPS) is 13.2. The number of methoxy groups -OCH3 is 1. The van der Waals surface area contributed by atoms with Crippen molar-refractivity contribution in [3.63, 3.8) is 0 Å². The highest BCUT2D eigenvalue weighted by Crippen LogP contribution is 2.33. The van der Waals surface area contributed by atoms with E-state index >= 15 is 0 Å². The van der Waals surface area contributed by atoms with E-state index in [0.29, 0.717) is 101 Å². The molecule has 0 unspecified atom stereocenters. The minimum Gasteiger partial charge on any atom is -0.494 e. The van der Waals surface area contributed by atoms with Gasteiger partial charge in [0.15, 0.2) is 0 Å². The molecule has 7 rings (SSSR count). The molecule has 21 nitrogen and oxygen atoms in total. The van der Waals surface area contributed by atoms with Crippen molar-refractivity contribution in [2.75, 3.05) is 70.7 Å². The molecular weight excluding hydrogens is 905 g/mol. The second-order valence-electron chi connectivity index (χ2n) is 16.6. The topological polar surface area (TPSA) is 265 Å². The lowest BCUT2D eigenvalue weighted by Crippen LogP contribution is -2.49. The highest BCUT2D eigenvalue weighted by atomic mass is 32.1. The van der Waals surface area contributed by atoms with Crippen LogP contribution in [0.5, 0.6) is 11.5 Å². The number of imidazole rings is 2. The number of allylic oxidation sites excluding steroid dienone is 2. The molecule has 0 radical (unpaired) electrons. The van der Waals surface area contributed by atoms with Crippen molar-refractivity contribution in [3.05, 3.63) is 80.6 Å². The number of thiazole rings is 1. The summed E-state index contributed by atoms with van der Waals surface area (Å²) in [5, 5.41) is 14.2. The van der Waals surface area contributed by atoms with Gasteiger partial charge in [-0.05, 0) is 84.0 Å². The first-order valence-electron chi connectivity index (χ1n) is 23.0. The van der Waals surface area contributed by atoms with Crippen molar-refractivity contribution < 1.29 is 33.4 Å². The van der Waals surface area contributed by atoms with Gasteiger partial charge in [0.1, 0.15) is 33.1 Å². The molecule has 0 spiro atoms. The van der Waals surface area contributed by atoms with E-state index in [2.05, 4.69) is 30.9 Å². The molecule has 0 atom stereocenters. The van der Waals surface area contributed by atoms with Crippen molar-refractivity contribution in [3.8, 4) is 11.5 Å². The molecule has 5 amide bonds. The predicted molar refractivity (Wildman–Crippen MR) is 263 cm³/mol. The molecule has 22 heteroatoms. The number of nitrogens with zero attached hydrogens (tertiary/aromatic N) is 9. The molecule has 1 saturated heterocycles. The monoisotopic (exact) mass is 964 g/mol. The number of carbonyl (C=O) groups is 5. The fourth-order valence-electron chi connectivity index (χ4n) is 8.36. The average molecular weight is 965 g/mol. The summed E-state index contributed by atoms with van der Waals surface area (Å²) in [6, 6.07) is 7.90. The lowest BCUT2D eigenvalue weighted by atomic mass is 10.1. The number of fused-ring (bicyclic) bond motifs is 2. The van der Waals surface area contributed by atoms with Crippen LogP contribution in [0.2, 0.25) is 0 Å². The molecule has 4 aromatic heterocycles. The molecule has 0 aliphatic carbocycles. The number of amides is 5. The van der Waals surface area contributed by atoms with Gasteiger partial charge in [0.05, 0.1) is 41.1 Å². The summed E-state index contributed by atoms with van der Waals surface area (Å²) in [6.07, 6.45) is 6.26. The minimum atomic E-state index is -0.672. The number of hydrogen-bond donors (Lipinski definition) is 5. The zero-order valence-corrected chi connectivity index (χ0v) is 40.7. The molecule has 1 aliphatic heterocycles. The van der Waals surface area contributed by atoms with Crippen LogP contribution in [-0.2, 0) is 30.8 Å². The molecule has 5 heterocycles. The SMILES string of the molecule is CCc1nc(C)sc1C(=O)Nc1nc2cc(C(N)=O)cc(OCCCN3CCN(C(=O)CCCNC)CC3)c2n1C/C=C/Cn1c(NC(=O)c2cc(C)nn2CC)nc2cc(C(N)=O)cc(OC)c21. The van der Waals surface area contributed by atoms with E-state index in [1.54, 1.807) is 38.9 Å². The fraction of sp³-hybridized carbons (Fsp3) is 0.426. The Morgan fingerprint density at radius 1 is 0.797 bits per heavy atom. The highest BCUT2D eigenvalue weighted by molar-refractivity contribution is 7.13. The average Bonchev–Trinajstić information content (AvgIpc) is 4.10. The van der Waals surface area contributed by atoms with Crippen LogP contribution >= 0.6 is 11.3 Å². The second-order valence-corrected chi connectivity index (χ2v) is 17.8. The van der Waals surface area contributed by atoms with Gasteiger partial charge in [0.25, 0.3) is 11.8 Å². The third-order valence-corrected chi connectivity index (χ3v) is 12.8. The lowest BCUT2D eigenvalue weighted by molar-refractivity contribution is -0.133. The summed E-state index contributed by atoms with van der Waals surface area (Å²) in [5.41, 5.74) is 15.3. The molecule has 69 heavy (non-hydrogen) atoms. The van der Waals surface area contributed by atoms with Crippen LogP contribution in [0, 0.1) is 13.8 Å². The summed E-state index contributed by atoms with van der Waals surface area (Å²) < 4.78 is 17.3. The van der Waals surface area contributed by atoms with Crippen molar-refractivity contribution in [1.29, 1.82) is 0 Å². The van der Waals surface area contributed by atoms with Crippen LogP contribution in [0.3, 0.4) is 0 Å². The largest absolute Gasteiger partial charge is 0.494 e. The number of nitrogens with one attached hydrogen (secondary N) is 3. The Kier molecular flexibility index (Phi) is 16.1. The lowest BCUT2D eigenvalue weighted by Gasteiger charge is -2.34. The standard InChI is InChI=1S/C47H60N14O7S/c1-7-32-41(69-29(4)51-32)45(66)55-47-53-34-25-31(43(49)64)27-37(68-22-12-15-57-18-20-58(21-19-57)38(62)13-11-14-50-5)40(34)60(47)17-10-9-16-59-39-33(24-30(42(48)63)26-36(39)67-6)52-46(59)54-44(65)35-23-28(3)56-61(35)8-2/h9-10,23-27,50H,7-8,11-22H2,1-6H3,(H2,48,63)(H2,49,64)(H,52,54,65)(H,53,55,66)/b10-9+. The van der Waals surface area contributed by atoms with E-state index < -0.39 is 17.7 Å². The van der Waals surface area contributed by atoms with Crippen molar-refractivity contribution in [2.45, 2.75) is 73.0 Å². The number of anilines is 2. The van der Waals surface area contributed by atoms with Crippen LogP contribution < -0.4 is 36.9 Å². The molecule has 2 aromatic carbocycles. The van der Waals surface area contributed by atoms with Crippen LogP contribution in [0.4, 0.5) is 11.9 Å². The van der Waals surface area contributed by atoms with Gasteiger partial charge in [-0.2, -0.15) is 5.10 Å². The number of primary amides is 2. The summed E-state index contributed by atoms with van der Waals surface area (Å²) in [5.74, 6) is -0.947. The Morgan fingerprint density at radius 2 is 1.41 bits per heavy atom. The molecule has 1 fully saturated rings. The zero-order chi connectivity index (χ0) is 49.4. The maximum Gasteiger partial charge on any atom is 0.276 e. The predicted octanol–water partition coefficient (Wildman–Crippen LogP) is 4.12. The van der Waals surface area contributed by atoms with Gasteiger partial charge < -0.3 is 40.3 Å². The van der Waals surface area contributed by atoms with Crippen LogP contribution in [-0.4, -0.2) is 133 Å². The number of hydrogen-bond acceptors (Lipinski definition) is 14. The van der Waals surface area contributed by atoms with E-state index in [4.69, 9.17) is 30.9 Å². The maximum atomic E-state index is 13.9. The van der Waals surface area contributed by atoms with Gasteiger partial charge >= 0.3 is 0 Å². The van der Waals surface area contributed by atoms with Crippen molar-refractivity contribution in [1.82, 2.24) is 49.0 Å². The Balaban J connectivity index is 1.18. The van der Waals surface area contributed by atoms with Crippen LogP contribution in [0.1, 0.15) is 90.4 Å². The third-order valence-electron chi connectivity index (χ3n) is 11.8. The number of rotatable bonds is 22. The van der Waals surface area contributed by atoms with Gasteiger partial charge in [-0.3, -0.25) is 44.2 Å². The fourth-order valence-corrected chi connectivity index (χ4v) is 9.27. The summed E-state index contributed by atoms with van der Waals surface area (Å²) in [4.78, 5) is 84.1. The number of benzene rings is 2. The van der Waals surface area contributed by atoms with E-state index in [-0.39, 0.29) is 47.9 Å². The molecule has 1 aliphatic rings. The Bertz CT molecular complexity index is 2910. The second kappa shape index (κ2) is 22.3. The number of nitrogens with two attached hydrogens (primary N) is 2. The van der Waals surface area contributed by atoms with Gasteiger partial charge in [-0.15, -0.1) is 11.3 Å². The van der Waals surface area contributed by atoms with Gasteiger partial charge in [0.2, 0.25) is 29.6 Å². The molecule has 366 valence electrons. The molecular formula is C47H60N14O7S. The summed E-state index contributed by atoms with van der Waals surface area (Å²) >= 11 is 1.29. The first-order valence-corrected chi connectivity index (χ1v) is 23.8. The smallest absolute Gasteiger partial charge is 0.276 e. The van der Waals surface area contributed by atoms with Crippen LogP contribution in [0.15, 0.2) is 42.5 Å². The van der Waals surface area contributed by atoms with Crippen molar-refractivity contribution in [2.24, 2.45) is 11.5 Å². The molecule has 7 N–H and O–H groups in total. The van der Waals surface area contributed by atoms with E-state index in [1.807, 2.05) is 44.9 Å². The number of aromatic nitrogens is 7. The Morgan fingerprint density at radius 3 is 1.99 bits per heavy atom. The number of ether oxygens (including phenoxy) is 2. The first-order chi connectivity index (χ1) is 33.2. The first kappa shape index (κ1) is 49.7. The quantitative estimate of drug-likeness (QED) is 0.0474. The number of carbonyl (C=O) groups excluding carboxylic acids is 5. The zero-order valence-electron chi connectivity index (χ0n) is 39.9. The molecule has 0 bridgehead atoms. The molecule has 0 saturated carbocycles. The van der Waals surface area contributed by atoms with Crippen LogP contribution in [0.25, 0.3) is 22.1 Å². The van der Waals surface area contributed by atoms with E-state index in [1.165, 1.54) is 30.6 Å². The van der Waals surface area contributed by atoms with Gasteiger partial charge in [0, 0.05) is 69.9 Å². The summed E-state index contributed by atoms with van der Waals surface area (Å²) in [6.45, 7) is 12.9. The molecule has 6 aromatic rings. The number of piperazine rings is 1. The minimum absolute atomic E-state index is 0.158. The van der Waals surface area contributed by atoms with Gasteiger partial charge in [-0.25, -0.2) is 15.0 Å².